The van der Waals surface area contributed by atoms with Gasteiger partial charge in [-0.05, 0) is 57.9 Å². The highest BCUT2D eigenvalue weighted by molar-refractivity contribution is 5.96. The van der Waals surface area contributed by atoms with E-state index >= 15 is 0 Å². The number of nitrogens with two attached hydrogens (primary N) is 2. The first-order chi connectivity index (χ1) is 17.3. The van der Waals surface area contributed by atoms with Crippen molar-refractivity contribution in [2.24, 2.45) is 28.3 Å². The van der Waals surface area contributed by atoms with E-state index in [2.05, 4.69) is 15.6 Å². The van der Waals surface area contributed by atoms with Gasteiger partial charge in [0.1, 0.15) is 18.1 Å². The monoisotopic (exact) mass is 520 g/mol. The van der Waals surface area contributed by atoms with Crippen LogP contribution in [0.1, 0.15) is 67.2 Å². The first kappa shape index (κ1) is 31.7. The van der Waals surface area contributed by atoms with Crippen LogP contribution in [0.2, 0.25) is 0 Å². The molecule has 7 N–H and O–H groups in total. The summed E-state index contributed by atoms with van der Waals surface area (Å²) in [6, 6.07) is -2.82. The molecule has 1 saturated heterocycles. The van der Waals surface area contributed by atoms with Crippen molar-refractivity contribution in [3.8, 4) is 0 Å². The summed E-state index contributed by atoms with van der Waals surface area (Å²) >= 11 is 0. The Kier molecular flexibility index (Phi) is 12.8. The zero-order valence-electron chi connectivity index (χ0n) is 22.9. The fourth-order valence-corrected chi connectivity index (χ4v) is 4.40. The number of aliphatic imine (C=N–C) groups is 1. The molecular formula is C26H44N6O5. The molecule has 1 unspecified atom stereocenters. The van der Waals surface area contributed by atoms with Crippen LogP contribution in [0.5, 0.6) is 0 Å². The quantitative estimate of drug-likeness (QED) is 0.0797. The summed E-state index contributed by atoms with van der Waals surface area (Å²) < 4.78 is 0. The summed E-state index contributed by atoms with van der Waals surface area (Å²) in [5.41, 5.74) is 12.4. The van der Waals surface area contributed by atoms with Gasteiger partial charge in [-0.1, -0.05) is 32.4 Å². The van der Waals surface area contributed by atoms with Crippen molar-refractivity contribution in [1.29, 1.82) is 0 Å². The van der Waals surface area contributed by atoms with Crippen LogP contribution < -0.4 is 22.1 Å². The summed E-state index contributed by atoms with van der Waals surface area (Å²) in [5, 5.41) is 15.0. The van der Waals surface area contributed by atoms with Gasteiger partial charge in [-0.25, -0.2) is 4.79 Å². The lowest BCUT2D eigenvalue weighted by atomic mass is 9.96. The van der Waals surface area contributed by atoms with E-state index < -0.39 is 41.8 Å². The predicted molar refractivity (Wildman–Crippen MR) is 143 cm³/mol. The Morgan fingerprint density at radius 3 is 2.30 bits per heavy atom. The first-order valence-corrected chi connectivity index (χ1v) is 12.8. The molecule has 1 rings (SSSR count). The van der Waals surface area contributed by atoms with Crippen molar-refractivity contribution in [1.82, 2.24) is 15.5 Å². The zero-order chi connectivity index (χ0) is 28.3. The van der Waals surface area contributed by atoms with Crippen LogP contribution in [-0.4, -0.2) is 70.9 Å². The molecule has 208 valence electrons. The molecule has 0 aromatic carbocycles. The molecule has 0 saturated carbocycles. The second kappa shape index (κ2) is 15.0. The van der Waals surface area contributed by atoms with E-state index in [9.17, 15) is 24.3 Å². The molecule has 4 atom stereocenters. The van der Waals surface area contributed by atoms with Gasteiger partial charge in [-0.15, -0.1) is 0 Å². The number of unbranched alkanes of at least 4 members (excludes halogenated alkanes) is 1. The maximum absolute atomic E-state index is 13.8. The Morgan fingerprint density at radius 2 is 1.78 bits per heavy atom. The molecule has 1 heterocycles. The highest BCUT2D eigenvalue weighted by Crippen LogP contribution is 2.30. The number of nitrogens with zero attached hydrogens (tertiary/aromatic N) is 2. The first-order valence-electron chi connectivity index (χ1n) is 12.8. The number of likely N-dealkylation sites (tertiary alicyclic amines) is 1. The van der Waals surface area contributed by atoms with Crippen LogP contribution in [0.4, 0.5) is 0 Å². The average molecular weight is 521 g/mol. The molecule has 1 fully saturated rings. The number of carboxylic acid groups (broad SMARTS) is 1. The SMILES string of the molecule is C/C=C1/CN(C(=O)[C@H](CCCCN=C(N)N)NC(=O)C=C(C)C)C(C(=O)N[C@@H](CC(C)C)C(=O)O)[C@@H]1C. The van der Waals surface area contributed by atoms with E-state index in [1.807, 2.05) is 33.8 Å². The Labute approximate surface area is 219 Å². The largest absolute Gasteiger partial charge is 0.480 e. The minimum atomic E-state index is -1.12. The molecular weight excluding hydrogens is 476 g/mol. The van der Waals surface area contributed by atoms with Crippen LogP contribution in [0, 0.1) is 11.8 Å². The standard InChI is InChI=1S/C26H44N6O5/c1-7-18-14-32(22(17(18)6)23(34)31-20(25(36)37)12-15(2)3)24(35)19(30-21(33)13-16(4)5)10-8-9-11-29-26(27)28/h7,13,15,17,19-20,22H,8-12,14H2,1-6H3,(H,30,33)(H,31,34)(H,36,37)(H4,27,28,29)/b18-7-/t17-,19+,20+,22?/m1/s1. The number of carbonyl (C=O) groups is 4. The molecule has 1 aliphatic heterocycles. The van der Waals surface area contributed by atoms with Crippen molar-refractivity contribution >= 4 is 29.7 Å². The third-order valence-corrected chi connectivity index (χ3v) is 6.22. The van der Waals surface area contributed by atoms with Crippen LogP contribution in [0.15, 0.2) is 28.3 Å². The topological polar surface area (TPSA) is 180 Å². The molecule has 0 spiro atoms. The Bertz CT molecular complexity index is 918. The van der Waals surface area contributed by atoms with Crippen LogP contribution in [-0.2, 0) is 19.2 Å². The Balaban J connectivity index is 3.20. The van der Waals surface area contributed by atoms with E-state index in [1.165, 1.54) is 11.0 Å². The lowest BCUT2D eigenvalue weighted by Crippen LogP contribution is -2.56. The Hall–Kier alpha value is -3.37. The van der Waals surface area contributed by atoms with E-state index in [4.69, 9.17) is 11.5 Å². The molecule has 11 heteroatoms. The highest BCUT2D eigenvalue weighted by atomic mass is 16.4. The fraction of sp³-hybridized carbons (Fsp3) is 0.654. The van der Waals surface area contributed by atoms with Gasteiger partial charge in [-0.2, -0.15) is 0 Å². The second-order valence-electron chi connectivity index (χ2n) is 10.2. The van der Waals surface area contributed by atoms with E-state index in [0.717, 1.165) is 11.1 Å². The summed E-state index contributed by atoms with van der Waals surface area (Å²) in [7, 11) is 0. The van der Waals surface area contributed by atoms with Crippen molar-refractivity contribution < 1.29 is 24.3 Å². The number of nitrogens with one attached hydrogen (secondary N) is 2. The molecule has 0 aliphatic carbocycles. The number of rotatable bonds is 13. The van der Waals surface area contributed by atoms with Gasteiger partial charge in [0, 0.05) is 25.1 Å². The van der Waals surface area contributed by atoms with E-state index in [-0.39, 0.29) is 30.8 Å². The maximum atomic E-state index is 13.8. The predicted octanol–water partition coefficient (Wildman–Crippen LogP) is 1.29. The van der Waals surface area contributed by atoms with Crippen molar-refractivity contribution in [2.75, 3.05) is 13.1 Å². The van der Waals surface area contributed by atoms with Crippen LogP contribution in [0.25, 0.3) is 0 Å². The van der Waals surface area contributed by atoms with Gasteiger partial charge in [0.2, 0.25) is 17.7 Å². The van der Waals surface area contributed by atoms with Gasteiger partial charge < -0.3 is 32.1 Å². The number of hydrogen-bond acceptors (Lipinski definition) is 5. The van der Waals surface area contributed by atoms with Gasteiger partial charge in [0.15, 0.2) is 5.96 Å². The molecule has 11 nitrogen and oxygen atoms in total. The van der Waals surface area contributed by atoms with Gasteiger partial charge in [0.25, 0.3) is 0 Å². The number of guanidine groups is 1. The van der Waals surface area contributed by atoms with Gasteiger partial charge in [0.05, 0.1) is 0 Å². The normalized spacial score (nSPS) is 19.8. The molecule has 0 aromatic heterocycles. The molecule has 37 heavy (non-hydrogen) atoms. The van der Waals surface area contributed by atoms with Crippen LogP contribution >= 0.6 is 0 Å². The number of allylic oxidation sites excluding steroid dienone is 2. The van der Waals surface area contributed by atoms with E-state index in [0.29, 0.717) is 25.8 Å². The Morgan fingerprint density at radius 1 is 1.14 bits per heavy atom. The number of aliphatic carboxylic acids is 1. The molecule has 0 aromatic rings. The minimum Gasteiger partial charge on any atom is -0.480 e. The van der Waals surface area contributed by atoms with Crippen LogP contribution in [0.3, 0.4) is 0 Å². The highest BCUT2D eigenvalue weighted by Gasteiger charge is 2.44. The molecule has 3 amide bonds. The lowest BCUT2D eigenvalue weighted by Gasteiger charge is -2.30. The van der Waals surface area contributed by atoms with E-state index in [1.54, 1.807) is 13.8 Å². The van der Waals surface area contributed by atoms with Crippen molar-refractivity contribution in [2.45, 2.75) is 85.4 Å². The number of carboxylic acids is 1. The molecule has 1 aliphatic rings. The summed E-state index contributed by atoms with van der Waals surface area (Å²) in [5.74, 6) is -2.70. The lowest BCUT2D eigenvalue weighted by molar-refractivity contribution is -0.145. The minimum absolute atomic E-state index is 0.0135. The van der Waals surface area contributed by atoms with Gasteiger partial charge in [-0.3, -0.25) is 19.4 Å². The fourth-order valence-electron chi connectivity index (χ4n) is 4.40. The zero-order valence-corrected chi connectivity index (χ0v) is 22.9. The third-order valence-electron chi connectivity index (χ3n) is 6.22. The maximum Gasteiger partial charge on any atom is 0.326 e. The molecule has 0 radical (unpaired) electrons. The third kappa shape index (κ3) is 10.3. The number of carbonyl (C=O) groups excluding carboxylic acids is 3. The molecule has 0 bridgehead atoms. The smallest absolute Gasteiger partial charge is 0.326 e. The number of amides is 3. The summed E-state index contributed by atoms with van der Waals surface area (Å²) in [6.45, 7) is 11.6. The summed E-state index contributed by atoms with van der Waals surface area (Å²) in [6.07, 6.45) is 5.05. The van der Waals surface area contributed by atoms with Gasteiger partial charge >= 0.3 is 5.97 Å². The number of hydrogen-bond donors (Lipinski definition) is 5. The van der Waals surface area contributed by atoms with Crippen molar-refractivity contribution in [3.63, 3.8) is 0 Å². The second-order valence-corrected chi connectivity index (χ2v) is 10.2. The summed E-state index contributed by atoms with van der Waals surface area (Å²) in [4.78, 5) is 56.8. The average Bonchev–Trinajstić information content (AvgIpc) is 3.12. The van der Waals surface area contributed by atoms with Crippen molar-refractivity contribution in [3.05, 3.63) is 23.3 Å².